The van der Waals surface area contributed by atoms with E-state index >= 15 is 0 Å². The molecule has 0 spiro atoms. The smallest absolute Gasteiger partial charge is 0.0361 e. The van der Waals surface area contributed by atoms with Crippen LogP contribution >= 0.6 is 0 Å². The summed E-state index contributed by atoms with van der Waals surface area (Å²) in [6.07, 6.45) is 2.31. The first-order valence-corrected chi connectivity index (χ1v) is 7.71. The van der Waals surface area contributed by atoms with Crippen molar-refractivity contribution in [2.24, 2.45) is 0 Å². The average Bonchev–Trinajstić information content (AvgIpc) is 2.52. The zero-order chi connectivity index (χ0) is 15.1. The molecule has 0 aliphatic heterocycles. The summed E-state index contributed by atoms with van der Waals surface area (Å²) >= 11 is 0. The highest BCUT2D eigenvalue weighted by Gasteiger charge is 2.04. The van der Waals surface area contributed by atoms with Crippen LogP contribution < -0.4 is 10.2 Å². The van der Waals surface area contributed by atoms with Crippen LogP contribution in [0, 0.1) is 0 Å². The second-order valence-electron chi connectivity index (χ2n) is 5.75. The molecular weight excluding hydrogens is 256 g/mol. The maximum Gasteiger partial charge on any atom is 0.0361 e. The minimum Gasteiger partial charge on any atom is -0.378 e. The topological polar surface area (TPSA) is 15.3 Å². The summed E-state index contributed by atoms with van der Waals surface area (Å²) in [4.78, 5) is 2.13. The molecule has 0 aromatic heterocycles. The van der Waals surface area contributed by atoms with Crippen LogP contribution in [0.3, 0.4) is 0 Å². The molecule has 21 heavy (non-hydrogen) atoms. The maximum atomic E-state index is 3.60. The van der Waals surface area contributed by atoms with E-state index in [1.54, 1.807) is 0 Å². The van der Waals surface area contributed by atoms with Crippen LogP contribution in [0.2, 0.25) is 0 Å². The quantitative estimate of drug-likeness (QED) is 0.771. The fraction of sp³-hybridized carbons (Fsp3) is 0.368. The molecule has 1 unspecified atom stereocenters. The standard InChI is InChI=1S/C19H26N2/c1-16(18-11-13-19(14-12-18)21(2)3)20-15-7-10-17-8-5-4-6-9-17/h4-6,8-9,11-14,16,20H,7,10,15H2,1-3H3. The van der Waals surface area contributed by atoms with Gasteiger partial charge in [0.25, 0.3) is 0 Å². The summed E-state index contributed by atoms with van der Waals surface area (Å²) < 4.78 is 0. The largest absolute Gasteiger partial charge is 0.378 e. The molecule has 0 heterocycles. The van der Waals surface area contributed by atoms with Gasteiger partial charge in [-0.1, -0.05) is 42.5 Å². The Labute approximate surface area is 128 Å². The van der Waals surface area contributed by atoms with Crippen LogP contribution in [-0.4, -0.2) is 20.6 Å². The monoisotopic (exact) mass is 282 g/mol. The van der Waals surface area contributed by atoms with E-state index in [-0.39, 0.29) is 0 Å². The van der Waals surface area contributed by atoms with Crippen molar-refractivity contribution >= 4 is 5.69 Å². The molecule has 0 aliphatic rings. The van der Waals surface area contributed by atoms with Gasteiger partial charge in [-0.15, -0.1) is 0 Å². The molecule has 2 rings (SSSR count). The predicted octanol–water partition coefficient (Wildman–Crippen LogP) is 4.04. The number of anilines is 1. The minimum absolute atomic E-state index is 0.400. The lowest BCUT2D eigenvalue weighted by Gasteiger charge is -2.17. The van der Waals surface area contributed by atoms with Crippen LogP contribution in [0.1, 0.15) is 30.5 Å². The van der Waals surface area contributed by atoms with E-state index in [1.165, 1.54) is 23.2 Å². The first-order valence-electron chi connectivity index (χ1n) is 7.71. The third-order valence-corrected chi connectivity index (χ3v) is 3.85. The van der Waals surface area contributed by atoms with Gasteiger partial charge in [0.2, 0.25) is 0 Å². The molecule has 1 atom stereocenters. The van der Waals surface area contributed by atoms with Crippen molar-refractivity contribution in [1.29, 1.82) is 0 Å². The van der Waals surface area contributed by atoms with Gasteiger partial charge < -0.3 is 10.2 Å². The molecule has 0 bridgehead atoms. The second-order valence-corrected chi connectivity index (χ2v) is 5.75. The first kappa shape index (κ1) is 15.6. The Morgan fingerprint density at radius 3 is 2.24 bits per heavy atom. The highest BCUT2D eigenvalue weighted by Crippen LogP contribution is 2.17. The molecule has 0 amide bonds. The lowest BCUT2D eigenvalue weighted by molar-refractivity contribution is 0.558. The Morgan fingerprint density at radius 2 is 1.62 bits per heavy atom. The molecule has 2 aromatic carbocycles. The van der Waals surface area contributed by atoms with Gasteiger partial charge in [0, 0.05) is 25.8 Å². The van der Waals surface area contributed by atoms with E-state index in [1.807, 2.05) is 0 Å². The molecule has 0 aliphatic carbocycles. The third kappa shape index (κ3) is 4.91. The van der Waals surface area contributed by atoms with E-state index in [0.29, 0.717) is 6.04 Å². The van der Waals surface area contributed by atoms with Crippen molar-refractivity contribution in [2.75, 3.05) is 25.5 Å². The average molecular weight is 282 g/mol. The van der Waals surface area contributed by atoms with Crippen LogP contribution in [0.25, 0.3) is 0 Å². The number of aryl methyl sites for hydroxylation is 1. The maximum absolute atomic E-state index is 3.60. The van der Waals surface area contributed by atoms with Crippen molar-refractivity contribution in [3.8, 4) is 0 Å². The zero-order valence-electron chi connectivity index (χ0n) is 13.3. The number of benzene rings is 2. The molecule has 0 radical (unpaired) electrons. The molecule has 0 saturated carbocycles. The molecule has 0 saturated heterocycles. The van der Waals surface area contributed by atoms with Crippen molar-refractivity contribution in [3.63, 3.8) is 0 Å². The zero-order valence-corrected chi connectivity index (χ0v) is 13.3. The van der Waals surface area contributed by atoms with Gasteiger partial charge >= 0.3 is 0 Å². The lowest BCUT2D eigenvalue weighted by atomic mass is 10.1. The van der Waals surface area contributed by atoms with Gasteiger partial charge in [-0.25, -0.2) is 0 Å². The highest BCUT2D eigenvalue weighted by atomic mass is 15.1. The number of hydrogen-bond acceptors (Lipinski definition) is 2. The van der Waals surface area contributed by atoms with Crippen LogP contribution in [-0.2, 0) is 6.42 Å². The molecular formula is C19H26N2. The van der Waals surface area contributed by atoms with Crippen molar-refractivity contribution < 1.29 is 0 Å². The molecule has 1 N–H and O–H groups in total. The van der Waals surface area contributed by atoms with Gasteiger partial charge in [-0.05, 0) is 49.6 Å². The van der Waals surface area contributed by atoms with E-state index in [4.69, 9.17) is 0 Å². The number of nitrogens with one attached hydrogen (secondary N) is 1. The Balaban J connectivity index is 1.75. The lowest BCUT2D eigenvalue weighted by Crippen LogP contribution is -2.20. The summed E-state index contributed by atoms with van der Waals surface area (Å²) in [6, 6.07) is 19.9. The predicted molar refractivity (Wildman–Crippen MR) is 91.9 cm³/mol. The fourth-order valence-corrected chi connectivity index (χ4v) is 2.43. The van der Waals surface area contributed by atoms with Crippen LogP contribution in [0.15, 0.2) is 54.6 Å². The van der Waals surface area contributed by atoms with E-state index in [9.17, 15) is 0 Å². The van der Waals surface area contributed by atoms with E-state index in [0.717, 1.165) is 13.0 Å². The second kappa shape index (κ2) is 7.84. The van der Waals surface area contributed by atoms with E-state index in [2.05, 4.69) is 85.8 Å². The normalized spacial score (nSPS) is 12.1. The van der Waals surface area contributed by atoms with Gasteiger partial charge in [-0.3, -0.25) is 0 Å². The summed E-state index contributed by atoms with van der Waals surface area (Å²) in [5.41, 5.74) is 4.01. The van der Waals surface area contributed by atoms with Gasteiger partial charge in [0.1, 0.15) is 0 Å². The Morgan fingerprint density at radius 1 is 0.952 bits per heavy atom. The SMILES string of the molecule is CC(NCCCc1ccccc1)c1ccc(N(C)C)cc1. The fourth-order valence-electron chi connectivity index (χ4n) is 2.43. The molecule has 2 heteroatoms. The molecule has 2 aromatic rings. The minimum atomic E-state index is 0.400. The first-order chi connectivity index (χ1) is 10.2. The Hall–Kier alpha value is -1.80. The summed E-state index contributed by atoms with van der Waals surface area (Å²) in [7, 11) is 4.14. The van der Waals surface area contributed by atoms with Crippen LogP contribution in [0.4, 0.5) is 5.69 Å². The number of hydrogen-bond donors (Lipinski definition) is 1. The summed E-state index contributed by atoms with van der Waals surface area (Å²) in [6.45, 7) is 3.28. The molecule has 2 nitrogen and oxygen atoms in total. The third-order valence-electron chi connectivity index (χ3n) is 3.85. The van der Waals surface area contributed by atoms with Gasteiger partial charge in [0.05, 0.1) is 0 Å². The van der Waals surface area contributed by atoms with E-state index < -0.39 is 0 Å². The summed E-state index contributed by atoms with van der Waals surface area (Å²) in [5.74, 6) is 0. The Bertz CT molecular complexity index is 517. The highest BCUT2D eigenvalue weighted by molar-refractivity contribution is 5.46. The van der Waals surface area contributed by atoms with Crippen molar-refractivity contribution in [2.45, 2.75) is 25.8 Å². The number of rotatable bonds is 7. The van der Waals surface area contributed by atoms with Crippen LogP contribution in [0.5, 0.6) is 0 Å². The van der Waals surface area contributed by atoms with Crippen molar-refractivity contribution in [3.05, 3.63) is 65.7 Å². The summed E-state index contributed by atoms with van der Waals surface area (Å²) in [5, 5.41) is 3.60. The van der Waals surface area contributed by atoms with Gasteiger partial charge in [-0.2, -0.15) is 0 Å². The Kier molecular flexibility index (Phi) is 5.82. The van der Waals surface area contributed by atoms with Crippen molar-refractivity contribution in [1.82, 2.24) is 5.32 Å². The molecule has 112 valence electrons. The molecule has 0 fully saturated rings. The van der Waals surface area contributed by atoms with Gasteiger partial charge in [0.15, 0.2) is 0 Å². The number of nitrogens with zero attached hydrogens (tertiary/aromatic N) is 1.